The first-order valence-corrected chi connectivity index (χ1v) is 9.82. The molecule has 0 aliphatic carbocycles. The molecule has 3 N–H and O–H groups in total. The highest BCUT2D eigenvalue weighted by Crippen LogP contribution is 2.26. The van der Waals surface area contributed by atoms with Gasteiger partial charge in [0.25, 0.3) is 0 Å². The van der Waals surface area contributed by atoms with Crippen LogP contribution in [0.1, 0.15) is 40.0 Å². The zero-order chi connectivity index (χ0) is 21.1. The Morgan fingerprint density at radius 2 is 2.03 bits per heavy atom. The average Bonchev–Trinajstić information content (AvgIpc) is 2.67. The van der Waals surface area contributed by atoms with Crippen LogP contribution in [-0.2, 0) is 4.79 Å². The molecule has 0 unspecified atom stereocenters. The van der Waals surface area contributed by atoms with Crippen LogP contribution < -0.4 is 21.7 Å². The molecule has 8 heteroatoms. The SMILES string of the molecule is CC(C)(C)C[C@H](Nc1nc(=O)oc2ccccc12)C(=O)NC1(C#N)CCNCC1. The molecule has 154 valence electrons. The van der Waals surface area contributed by atoms with Gasteiger partial charge in [-0.05, 0) is 49.9 Å². The van der Waals surface area contributed by atoms with Crippen LogP contribution in [0.4, 0.5) is 5.82 Å². The van der Waals surface area contributed by atoms with Gasteiger partial charge in [0.2, 0.25) is 5.91 Å². The third-order valence-corrected chi connectivity index (χ3v) is 5.02. The number of anilines is 1. The van der Waals surface area contributed by atoms with E-state index >= 15 is 0 Å². The molecule has 1 aromatic carbocycles. The van der Waals surface area contributed by atoms with Crippen molar-refractivity contribution in [1.29, 1.82) is 5.26 Å². The number of nitrogens with one attached hydrogen (secondary N) is 3. The summed E-state index contributed by atoms with van der Waals surface area (Å²) < 4.78 is 5.14. The Morgan fingerprint density at radius 1 is 1.34 bits per heavy atom. The summed E-state index contributed by atoms with van der Waals surface area (Å²) in [5.41, 5.74) is -0.652. The summed E-state index contributed by atoms with van der Waals surface area (Å²) in [7, 11) is 0. The number of nitriles is 1. The third-order valence-electron chi connectivity index (χ3n) is 5.02. The molecule has 29 heavy (non-hydrogen) atoms. The second-order valence-corrected chi connectivity index (χ2v) is 8.72. The lowest BCUT2D eigenvalue weighted by molar-refractivity contribution is -0.124. The highest BCUT2D eigenvalue weighted by molar-refractivity contribution is 5.91. The van der Waals surface area contributed by atoms with Crippen molar-refractivity contribution in [2.24, 2.45) is 5.41 Å². The van der Waals surface area contributed by atoms with Gasteiger partial charge in [-0.15, -0.1) is 0 Å². The van der Waals surface area contributed by atoms with Crippen LogP contribution in [0, 0.1) is 16.7 Å². The Hall–Kier alpha value is -2.92. The van der Waals surface area contributed by atoms with E-state index in [-0.39, 0.29) is 11.3 Å². The van der Waals surface area contributed by atoms with Crippen molar-refractivity contribution in [3.05, 3.63) is 34.8 Å². The fraction of sp³-hybridized carbons (Fsp3) is 0.524. The first-order chi connectivity index (χ1) is 13.7. The molecule has 0 bridgehead atoms. The summed E-state index contributed by atoms with van der Waals surface area (Å²) in [6.45, 7) is 7.45. The number of hydrogen-bond acceptors (Lipinski definition) is 7. The van der Waals surface area contributed by atoms with E-state index in [0.717, 1.165) is 0 Å². The molecule has 8 nitrogen and oxygen atoms in total. The largest absolute Gasteiger partial charge is 0.441 e. The number of benzene rings is 1. The van der Waals surface area contributed by atoms with Crippen LogP contribution >= 0.6 is 0 Å². The lowest BCUT2D eigenvalue weighted by Crippen LogP contribution is -2.57. The maximum atomic E-state index is 13.2. The summed E-state index contributed by atoms with van der Waals surface area (Å²) >= 11 is 0. The van der Waals surface area contributed by atoms with Crippen LogP contribution in [0.15, 0.2) is 33.5 Å². The minimum atomic E-state index is -0.884. The predicted octanol–water partition coefficient (Wildman–Crippen LogP) is 2.17. The molecule has 1 aliphatic rings. The summed E-state index contributed by atoms with van der Waals surface area (Å²) in [4.78, 5) is 29.0. The predicted molar refractivity (Wildman–Crippen MR) is 110 cm³/mol. The molecule has 1 amide bonds. The van der Waals surface area contributed by atoms with Crippen LogP contribution in [0.3, 0.4) is 0 Å². The van der Waals surface area contributed by atoms with Gasteiger partial charge in [-0.1, -0.05) is 32.9 Å². The quantitative estimate of drug-likeness (QED) is 0.707. The van der Waals surface area contributed by atoms with E-state index in [4.69, 9.17) is 4.42 Å². The number of aromatic nitrogens is 1. The fourth-order valence-electron chi connectivity index (χ4n) is 3.56. The van der Waals surface area contributed by atoms with Gasteiger partial charge in [-0.3, -0.25) is 4.79 Å². The molecule has 2 aromatic rings. The van der Waals surface area contributed by atoms with Gasteiger partial charge in [0.1, 0.15) is 23.0 Å². The Morgan fingerprint density at radius 3 is 2.69 bits per heavy atom. The molecule has 1 aliphatic heterocycles. The first-order valence-electron chi connectivity index (χ1n) is 9.82. The number of carbonyl (C=O) groups is 1. The zero-order valence-electron chi connectivity index (χ0n) is 17.0. The number of carbonyl (C=O) groups excluding carboxylic acids is 1. The highest BCUT2D eigenvalue weighted by atomic mass is 16.4. The summed E-state index contributed by atoms with van der Waals surface area (Å²) in [6, 6.07) is 8.67. The fourth-order valence-corrected chi connectivity index (χ4v) is 3.56. The number of amides is 1. The van der Waals surface area contributed by atoms with E-state index < -0.39 is 17.3 Å². The van der Waals surface area contributed by atoms with Crippen molar-refractivity contribution in [3.63, 3.8) is 0 Å². The summed E-state index contributed by atoms with van der Waals surface area (Å²) in [5, 5.41) is 19.6. The minimum Gasteiger partial charge on any atom is -0.408 e. The first kappa shape index (κ1) is 20.8. The van der Waals surface area contributed by atoms with Crippen molar-refractivity contribution < 1.29 is 9.21 Å². The highest BCUT2D eigenvalue weighted by Gasteiger charge is 2.36. The van der Waals surface area contributed by atoms with Crippen molar-refractivity contribution in [2.45, 2.75) is 51.6 Å². The van der Waals surface area contributed by atoms with Gasteiger partial charge in [0.05, 0.1) is 11.5 Å². The second-order valence-electron chi connectivity index (χ2n) is 8.72. The molecular weight excluding hydrogens is 370 g/mol. The summed E-state index contributed by atoms with van der Waals surface area (Å²) in [5.74, 6) is -0.701. The molecule has 1 aromatic heterocycles. The molecule has 2 heterocycles. The van der Waals surface area contributed by atoms with E-state index in [0.29, 0.717) is 49.1 Å². The molecular formula is C21H27N5O3. The van der Waals surface area contributed by atoms with E-state index in [1.54, 1.807) is 18.2 Å². The number of hydrogen-bond donors (Lipinski definition) is 3. The van der Waals surface area contributed by atoms with Gasteiger partial charge >= 0.3 is 5.76 Å². The second kappa shape index (κ2) is 8.21. The van der Waals surface area contributed by atoms with Crippen LogP contribution in [-0.4, -0.2) is 35.6 Å². The molecule has 1 atom stereocenters. The average molecular weight is 397 g/mol. The number of nitrogens with zero attached hydrogens (tertiary/aromatic N) is 2. The minimum absolute atomic E-state index is 0.168. The van der Waals surface area contributed by atoms with Crippen molar-refractivity contribution in [1.82, 2.24) is 15.6 Å². The van der Waals surface area contributed by atoms with E-state index in [2.05, 4.69) is 27.0 Å². The smallest absolute Gasteiger partial charge is 0.408 e. The molecule has 0 radical (unpaired) electrons. The molecule has 1 fully saturated rings. The topological polar surface area (TPSA) is 120 Å². The zero-order valence-corrected chi connectivity index (χ0v) is 17.0. The number of rotatable bonds is 5. The maximum absolute atomic E-state index is 13.2. The summed E-state index contributed by atoms with van der Waals surface area (Å²) in [6.07, 6.45) is 1.59. The lowest BCUT2D eigenvalue weighted by atomic mass is 9.86. The van der Waals surface area contributed by atoms with Gasteiger partial charge in [-0.2, -0.15) is 10.2 Å². The van der Waals surface area contributed by atoms with Crippen molar-refractivity contribution >= 4 is 22.7 Å². The van der Waals surface area contributed by atoms with E-state index in [9.17, 15) is 14.9 Å². The van der Waals surface area contributed by atoms with E-state index in [1.807, 2.05) is 26.8 Å². The standard InChI is InChI=1S/C21H27N5O3/c1-20(2,3)12-15(18(27)26-21(13-22)8-10-23-11-9-21)24-17-14-6-4-5-7-16(14)29-19(28)25-17/h4-7,15,23H,8-12H2,1-3H3,(H,26,27)(H,24,25,28)/t15-/m0/s1. The Kier molecular flexibility index (Phi) is 5.89. The normalized spacial score (nSPS) is 17.3. The molecule has 1 saturated heterocycles. The van der Waals surface area contributed by atoms with Crippen LogP contribution in [0.25, 0.3) is 11.0 Å². The van der Waals surface area contributed by atoms with Gasteiger partial charge in [-0.25, -0.2) is 4.79 Å². The van der Waals surface area contributed by atoms with Crippen molar-refractivity contribution in [3.8, 4) is 6.07 Å². The van der Waals surface area contributed by atoms with Gasteiger partial charge in [0.15, 0.2) is 0 Å². The Labute approximate surface area is 169 Å². The number of piperidine rings is 1. The van der Waals surface area contributed by atoms with Gasteiger partial charge < -0.3 is 20.4 Å². The monoisotopic (exact) mass is 397 g/mol. The maximum Gasteiger partial charge on any atom is 0.441 e. The number of fused-ring (bicyclic) bond motifs is 1. The molecule has 3 rings (SSSR count). The molecule has 0 saturated carbocycles. The van der Waals surface area contributed by atoms with Gasteiger partial charge in [0, 0.05) is 0 Å². The number of para-hydroxylation sites is 1. The lowest BCUT2D eigenvalue weighted by Gasteiger charge is -2.34. The van der Waals surface area contributed by atoms with Crippen LogP contribution in [0.2, 0.25) is 0 Å². The molecule has 0 spiro atoms. The van der Waals surface area contributed by atoms with Crippen molar-refractivity contribution in [2.75, 3.05) is 18.4 Å². The Balaban J connectivity index is 1.91. The van der Waals surface area contributed by atoms with E-state index in [1.165, 1.54) is 0 Å². The van der Waals surface area contributed by atoms with Crippen LogP contribution in [0.5, 0.6) is 0 Å². The third kappa shape index (κ3) is 5.12. The Bertz CT molecular complexity index is 980.